The Kier molecular flexibility index (Phi) is 11.6. The van der Waals surface area contributed by atoms with Crippen molar-refractivity contribution in [2.24, 2.45) is 0 Å². The van der Waals surface area contributed by atoms with Crippen LogP contribution in [0.25, 0.3) is 0 Å². The highest BCUT2D eigenvalue weighted by Gasteiger charge is 2.23. The van der Waals surface area contributed by atoms with Crippen LogP contribution in [0.4, 0.5) is 0 Å². The maximum atomic E-state index is 7.23. The lowest BCUT2D eigenvalue weighted by atomic mass is 9.75. The van der Waals surface area contributed by atoms with Gasteiger partial charge < -0.3 is 29.4 Å². The van der Waals surface area contributed by atoms with Crippen molar-refractivity contribution in [3.63, 3.8) is 0 Å². The van der Waals surface area contributed by atoms with E-state index in [0.717, 1.165) is 0 Å². The first kappa shape index (κ1) is 24.1. The van der Waals surface area contributed by atoms with E-state index in [1.54, 1.807) is 0 Å². The lowest BCUT2D eigenvalue weighted by molar-refractivity contribution is 0.366. The number of benzene rings is 1. The standard InChI is InChI=1S/C14H22.2H3O3P/c1-13(2,3)11-9-7-8-10-12(11)14(4,5)6;2*1-4(2)3/h7-10H,1-6H3;2*1-3H. The molecule has 0 heterocycles. The third-order valence-corrected chi connectivity index (χ3v) is 2.54. The molecule has 0 atom stereocenters. The van der Waals surface area contributed by atoms with Crippen LogP contribution in [0, 0.1) is 0 Å². The van der Waals surface area contributed by atoms with Crippen molar-refractivity contribution in [3.8, 4) is 0 Å². The van der Waals surface area contributed by atoms with E-state index >= 15 is 0 Å². The molecule has 130 valence electrons. The summed E-state index contributed by atoms with van der Waals surface area (Å²) in [6.07, 6.45) is 0. The summed E-state index contributed by atoms with van der Waals surface area (Å²) < 4.78 is 0. The molecule has 0 saturated heterocycles. The third kappa shape index (κ3) is 13.5. The first-order chi connectivity index (χ1) is 9.69. The fourth-order valence-electron chi connectivity index (χ4n) is 1.79. The molecule has 0 radical (unpaired) electrons. The quantitative estimate of drug-likeness (QED) is 0.398. The molecular weight excluding hydrogens is 326 g/mol. The molecule has 8 heteroatoms. The molecule has 6 nitrogen and oxygen atoms in total. The second-order valence-corrected chi connectivity index (χ2v) is 7.66. The Morgan fingerprint density at radius 3 is 0.909 bits per heavy atom. The molecule has 0 aliphatic rings. The minimum Gasteiger partial charge on any atom is -0.328 e. The zero-order valence-corrected chi connectivity index (χ0v) is 15.7. The molecule has 0 aromatic heterocycles. The van der Waals surface area contributed by atoms with Crippen LogP contribution in [0.5, 0.6) is 0 Å². The Bertz CT molecular complexity index is 366. The van der Waals surface area contributed by atoms with Crippen molar-refractivity contribution in [2.75, 3.05) is 0 Å². The predicted molar refractivity (Wildman–Crippen MR) is 91.0 cm³/mol. The van der Waals surface area contributed by atoms with Crippen LogP contribution in [0.1, 0.15) is 52.7 Å². The second kappa shape index (κ2) is 10.6. The summed E-state index contributed by atoms with van der Waals surface area (Å²) in [5.74, 6) is 0. The van der Waals surface area contributed by atoms with Gasteiger partial charge in [-0.15, -0.1) is 0 Å². The first-order valence-corrected chi connectivity index (χ1v) is 8.93. The largest absolute Gasteiger partial charge is 0.328 e. The van der Waals surface area contributed by atoms with Gasteiger partial charge in [-0.1, -0.05) is 65.8 Å². The van der Waals surface area contributed by atoms with Crippen LogP contribution in [0.3, 0.4) is 0 Å². The summed E-state index contributed by atoms with van der Waals surface area (Å²) in [5.41, 5.74) is 3.41. The molecule has 1 aromatic rings. The van der Waals surface area contributed by atoms with Crippen LogP contribution < -0.4 is 0 Å². The monoisotopic (exact) mass is 354 g/mol. The van der Waals surface area contributed by atoms with Gasteiger partial charge in [0.15, 0.2) is 0 Å². The highest BCUT2D eigenvalue weighted by molar-refractivity contribution is 7.38. The van der Waals surface area contributed by atoms with Crippen molar-refractivity contribution >= 4 is 17.2 Å². The summed E-state index contributed by atoms with van der Waals surface area (Å²) in [4.78, 5) is 43.4. The van der Waals surface area contributed by atoms with E-state index in [1.807, 2.05) is 0 Å². The van der Waals surface area contributed by atoms with Gasteiger partial charge >= 0.3 is 17.2 Å². The van der Waals surface area contributed by atoms with E-state index in [-0.39, 0.29) is 10.8 Å². The van der Waals surface area contributed by atoms with Crippen LogP contribution >= 0.6 is 17.2 Å². The van der Waals surface area contributed by atoms with E-state index < -0.39 is 17.2 Å². The average molecular weight is 354 g/mol. The van der Waals surface area contributed by atoms with Crippen LogP contribution in [-0.2, 0) is 10.8 Å². The molecule has 0 aliphatic heterocycles. The summed E-state index contributed by atoms with van der Waals surface area (Å²) in [6, 6.07) is 8.77. The lowest BCUT2D eigenvalue weighted by Crippen LogP contribution is -2.21. The molecular formula is C14H28O6P2. The second-order valence-electron chi connectivity index (χ2n) is 6.58. The minimum atomic E-state index is -2.62. The van der Waals surface area contributed by atoms with Gasteiger partial charge in [-0.05, 0) is 22.0 Å². The summed E-state index contributed by atoms with van der Waals surface area (Å²) >= 11 is 0. The number of hydrogen-bond donors (Lipinski definition) is 6. The molecule has 0 unspecified atom stereocenters. The zero-order chi connectivity index (χ0) is 18.1. The van der Waals surface area contributed by atoms with Crippen molar-refractivity contribution < 1.29 is 29.4 Å². The molecule has 0 bridgehead atoms. The van der Waals surface area contributed by atoms with Gasteiger partial charge in [0.25, 0.3) is 0 Å². The lowest BCUT2D eigenvalue weighted by Gasteiger charge is -2.29. The Hall–Kier alpha value is -0.160. The predicted octanol–water partition coefficient (Wildman–Crippen LogP) is 2.66. The first-order valence-electron chi connectivity index (χ1n) is 6.53. The Morgan fingerprint density at radius 1 is 0.591 bits per heavy atom. The molecule has 6 N–H and O–H groups in total. The summed E-state index contributed by atoms with van der Waals surface area (Å²) in [6.45, 7) is 13.7. The third-order valence-electron chi connectivity index (χ3n) is 2.54. The Morgan fingerprint density at radius 2 is 0.773 bits per heavy atom. The van der Waals surface area contributed by atoms with Gasteiger partial charge in [-0.3, -0.25) is 0 Å². The minimum absolute atomic E-state index is 0.240. The fourth-order valence-corrected chi connectivity index (χ4v) is 1.79. The topological polar surface area (TPSA) is 121 Å². The molecule has 0 amide bonds. The zero-order valence-electron chi connectivity index (χ0n) is 13.9. The molecule has 0 saturated carbocycles. The van der Waals surface area contributed by atoms with Crippen molar-refractivity contribution in [3.05, 3.63) is 35.4 Å². The van der Waals surface area contributed by atoms with Gasteiger partial charge in [0, 0.05) is 0 Å². The van der Waals surface area contributed by atoms with Crippen LogP contribution in [-0.4, -0.2) is 29.4 Å². The van der Waals surface area contributed by atoms with Gasteiger partial charge in [-0.25, -0.2) is 0 Å². The van der Waals surface area contributed by atoms with Crippen LogP contribution in [0.2, 0.25) is 0 Å². The maximum Gasteiger partial charge on any atom is 0.324 e. The molecule has 0 spiro atoms. The van der Waals surface area contributed by atoms with E-state index in [1.165, 1.54) is 11.1 Å². The SMILES string of the molecule is CC(C)(C)c1ccccc1C(C)(C)C.OP(O)O.OP(O)O. The normalized spacial score (nSPS) is 11.5. The van der Waals surface area contributed by atoms with E-state index in [2.05, 4.69) is 65.8 Å². The summed E-state index contributed by atoms with van der Waals surface area (Å²) in [5, 5.41) is 0. The van der Waals surface area contributed by atoms with E-state index in [0.29, 0.717) is 0 Å². The number of hydrogen-bond acceptors (Lipinski definition) is 6. The molecule has 1 rings (SSSR count). The van der Waals surface area contributed by atoms with Gasteiger partial charge in [0.05, 0.1) is 0 Å². The van der Waals surface area contributed by atoms with Crippen molar-refractivity contribution in [2.45, 2.75) is 52.4 Å². The van der Waals surface area contributed by atoms with E-state index in [4.69, 9.17) is 29.4 Å². The number of rotatable bonds is 0. The molecule has 1 aromatic carbocycles. The van der Waals surface area contributed by atoms with Gasteiger partial charge in [0.1, 0.15) is 0 Å². The van der Waals surface area contributed by atoms with Crippen molar-refractivity contribution in [1.82, 2.24) is 0 Å². The smallest absolute Gasteiger partial charge is 0.324 e. The van der Waals surface area contributed by atoms with Gasteiger partial charge in [-0.2, -0.15) is 0 Å². The molecule has 0 fully saturated rings. The van der Waals surface area contributed by atoms with Gasteiger partial charge in [0.2, 0.25) is 0 Å². The molecule has 0 aliphatic carbocycles. The highest BCUT2D eigenvalue weighted by atomic mass is 31.2. The summed E-state index contributed by atoms with van der Waals surface area (Å²) in [7, 11) is -5.24. The Labute approximate surface area is 135 Å². The average Bonchev–Trinajstić information content (AvgIpc) is 2.25. The highest BCUT2D eigenvalue weighted by Crippen LogP contribution is 2.33. The molecule has 22 heavy (non-hydrogen) atoms. The maximum absolute atomic E-state index is 7.23. The fraction of sp³-hybridized carbons (Fsp3) is 0.571. The van der Waals surface area contributed by atoms with Crippen LogP contribution in [0.15, 0.2) is 24.3 Å². The Balaban J connectivity index is 0. The van der Waals surface area contributed by atoms with E-state index in [9.17, 15) is 0 Å². The van der Waals surface area contributed by atoms with Crippen molar-refractivity contribution in [1.29, 1.82) is 0 Å².